The molecule has 3 rings (SSSR count). The molecule has 164 valence electrons. The van der Waals surface area contributed by atoms with E-state index in [4.69, 9.17) is 0 Å². The lowest BCUT2D eigenvalue weighted by Gasteiger charge is -2.08. The third-order valence-electron chi connectivity index (χ3n) is 4.35. The molecule has 0 unspecified atom stereocenters. The molecule has 0 spiro atoms. The van der Waals surface area contributed by atoms with Crippen molar-refractivity contribution in [2.45, 2.75) is 26.4 Å². The number of anilines is 1. The highest BCUT2D eigenvalue weighted by Gasteiger charge is 2.26. The van der Waals surface area contributed by atoms with Gasteiger partial charge in [0.05, 0.1) is 23.6 Å². The van der Waals surface area contributed by atoms with Gasteiger partial charge in [-0.15, -0.1) is 0 Å². The van der Waals surface area contributed by atoms with Gasteiger partial charge in [-0.25, -0.2) is 22.0 Å². The molecule has 3 aromatic rings. The van der Waals surface area contributed by atoms with E-state index >= 15 is 0 Å². The van der Waals surface area contributed by atoms with Gasteiger partial charge in [0, 0.05) is 18.7 Å². The summed E-state index contributed by atoms with van der Waals surface area (Å²) < 4.78 is 69.4. The lowest BCUT2D eigenvalue weighted by Crippen LogP contribution is -2.16. The minimum absolute atomic E-state index is 0.0305. The number of amides is 1. The van der Waals surface area contributed by atoms with Gasteiger partial charge in [0.2, 0.25) is 11.7 Å². The first kappa shape index (κ1) is 21.9. The predicted molar refractivity (Wildman–Crippen MR) is 94.4 cm³/mol. The maximum atomic E-state index is 13.8. The van der Waals surface area contributed by atoms with Crippen LogP contribution in [0.3, 0.4) is 0 Å². The Bertz CT molecular complexity index is 1150. The molecule has 0 radical (unpaired) electrons. The summed E-state index contributed by atoms with van der Waals surface area (Å²) in [7, 11) is 0. The van der Waals surface area contributed by atoms with Crippen LogP contribution in [0.1, 0.15) is 17.7 Å². The standard InChI is InChI=1S/C17H13F5N6O3/c1-8-10(28(30)31)6-23-27(8)5-3-12(29)24-11-2-4-26(25-11)7-9-13(18)15(20)17(22)16(21)14(9)19/h2,4,6H,3,5,7H2,1H3,(H,24,25,29). The second-order valence-corrected chi connectivity index (χ2v) is 6.34. The number of nitro groups is 1. The van der Waals surface area contributed by atoms with E-state index in [1.165, 1.54) is 23.9 Å². The number of carbonyl (C=O) groups excluding carboxylic acids is 1. The van der Waals surface area contributed by atoms with E-state index in [0.29, 0.717) is 0 Å². The third-order valence-corrected chi connectivity index (χ3v) is 4.35. The van der Waals surface area contributed by atoms with Crippen LogP contribution < -0.4 is 5.32 Å². The van der Waals surface area contributed by atoms with Crippen LogP contribution in [0.5, 0.6) is 0 Å². The van der Waals surface area contributed by atoms with E-state index in [1.807, 2.05) is 0 Å². The second kappa shape index (κ2) is 8.49. The molecule has 1 N–H and O–H groups in total. The highest BCUT2D eigenvalue weighted by Crippen LogP contribution is 2.24. The molecule has 2 aromatic heterocycles. The molecule has 1 amide bonds. The molecule has 2 heterocycles. The van der Waals surface area contributed by atoms with Crippen molar-refractivity contribution >= 4 is 17.4 Å². The fraction of sp³-hybridized carbons (Fsp3) is 0.235. The summed E-state index contributed by atoms with van der Waals surface area (Å²) in [4.78, 5) is 22.2. The molecular formula is C17H13F5N6O3. The summed E-state index contributed by atoms with van der Waals surface area (Å²) in [6.45, 7) is 0.749. The highest BCUT2D eigenvalue weighted by molar-refractivity contribution is 5.89. The fourth-order valence-corrected chi connectivity index (χ4v) is 2.72. The van der Waals surface area contributed by atoms with Crippen LogP contribution in [0.2, 0.25) is 0 Å². The average molecular weight is 444 g/mol. The lowest BCUT2D eigenvalue weighted by atomic mass is 10.1. The molecule has 0 bridgehead atoms. The van der Waals surface area contributed by atoms with Crippen molar-refractivity contribution in [1.82, 2.24) is 19.6 Å². The van der Waals surface area contributed by atoms with Crippen LogP contribution in [-0.4, -0.2) is 30.4 Å². The van der Waals surface area contributed by atoms with E-state index in [1.54, 1.807) is 0 Å². The fourth-order valence-electron chi connectivity index (χ4n) is 2.72. The molecule has 0 aliphatic carbocycles. The Labute approximate surface area is 170 Å². The third kappa shape index (κ3) is 4.36. The van der Waals surface area contributed by atoms with Gasteiger partial charge in [-0.05, 0) is 6.92 Å². The summed E-state index contributed by atoms with van der Waals surface area (Å²) in [5.41, 5.74) is -0.995. The van der Waals surface area contributed by atoms with Gasteiger partial charge in [-0.3, -0.25) is 24.3 Å². The van der Waals surface area contributed by atoms with E-state index in [0.717, 1.165) is 10.9 Å². The van der Waals surface area contributed by atoms with Crippen LogP contribution >= 0.6 is 0 Å². The molecule has 1 aromatic carbocycles. The van der Waals surface area contributed by atoms with Crippen molar-refractivity contribution in [1.29, 1.82) is 0 Å². The minimum atomic E-state index is -2.26. The van der Waals surface area contributed by atoms with Crippen molar-refractivity contribution in [3.05, 3.63) is 68.9 Å². The number of benzene rings is 1. The Morgan fingerprint density at radius 1 is 1.13 bits per heavy atom. The molecule has 14 heteroatoms. The normalized spacial score (nSPS) is 11.0. The van der Waals surface area contributed by atoms with Gasteiger partial charge in [0.25, 0.3) is 0 Å². The number of aryl methyl sites for hydroxylation is 1. The summed E-state index contributed by atoms with van der Waals surface area (Å²) in [5, 5.41) is 20.8. The Balaban J connectivity index is 1.64. The minimum Gasteiger partial charge on any atom is -0.309 e. The molecule has 0 fully saturated rings. The lowest BCUT2D eigenvalue weighted by molar-refractivity contribution is -0.385. The monoisotopic (exact) mass is 444 g/mol. The number of nitrogens with zero attached hydrogens (tertiary/aromatic N) is 5. The second-order valence-electron chi connectivity index (χ2n) is 6.34. The Morgan fingerprint density at radius 3 is 2.32 bits per heavy atom. The number of aromatic nitrogens is 4. The summed E-state index contributed by atoms with van der Waals surface area (Å²) in [5.74, 6) is -10.9. The molecule has 31 heavy (non-hydrogen) atoms. The first-order chi connectivity index (χ1) is 14.6. The zero-order chi connectivity index (χ0) is 22.9. The zero-order valence-electron chi connectivity index (χ0n) is 15.7. The summed E-state index contributed by atoms with van der Waals surface area (Å²) in [6, 6.07) is 1.26. The van der Waals surface area contributed by atoms with Crippen molar-refractivity contribution in [2.75, 3.05) is 5.32 Å². The topological polar surface area (TPSA) is 108 Å². The summed E-state index contributed by atoms with van der Waals surface area (Å²) in [6.07, 6.45) is 2.12. The summed E-state index contributed by atoms with van der Waals surface area (Å²) >= 11 is 0. The van der Waals surface area contributed by atoms with E-state index < -0.39 is 52.0 Å². The Hall–Kier alpha value is -3.84. The maximum Gasteiger partial charge on any atom is 0.309 e. The first-order valence-electron chi connectivity index (χ1n) is 8.60. The SMILES string of the molecule is Cc1c([N+](=O)[O-])cnn1CCC(=O)Nc1ccn(Cc2c(F)c(F)c(F)c(F)c2F)n1. The number of nitrogens with one attached hydrogen (secondary N) is 1. The van der Waals surface area contributed by atoms with Gasteiger partial charge in [0.15, 0.2) is 29.1 Å². The van der Waals surface area contributed by atoms with E-state index in [2.05, 4.69) is 15.5 Å². The average Bonchev–Trinajstić information content (AvgIpc) is 3.32. The van der Waals surface area contributed by atoms with Crippen LogP contribution in [-0.2, 0) is 17.9 Å². The van der Waals surface area contributed by atoms with Gasteiger partial charge in [0.1, 0.15) is 11.9 Å². The van der Waals surface area contributed by atoms with Gasteiger partial charge in [-0.1, -0.05) is 0 Å². The predicted octanol–water partition coefficient (Wildman–Crippen LogP) is 3.07. The van der Waals surface area contributed by atoms with Crippen LogP contribution in [0.15, 0.2) is 18.5 Å². The van der Waals surface area contributed by atoms with Crippen molar-refractivity contribution in [2.24, 2.45) is 0 Å². The Morgan fingerprint density at radius 2 is 1.74 bits per heavy atom. The first-order valence-corrected chi connectivity index (χ1v) is 8.60. The van der Waals surface area contributed by atoms with Crippen molar-refractivity contribution < 1.29 is 31.7 Å². The van der Waals surface area contributed by atoms with Gasteiger partial charge in [-0.2, -0.15) is 10.2 Å². The van der Waals surface area contributed by atoms with Crippen LogP contribution in [0, 0.1) is 46.1 Å². The molecule has 9 nitrogen and oxygen atoms in total. The van der Waals surface area contributed by atoms with Crippen LogP contribution in [0.4, 0.5) is 33.5 Å². The van der Waals surface area contributed by atoms with Gasteiger partial charge >= 0.3 is 5.69 Å². The maximum absolute atomic E-state index is 13.8. The number of halogens is 5. The molecule has 0 aliphatic heterocycles. The molecule has 0 saturated heterocycles. The van der Waals surface area contributed by atoms with Crippen molar-refractivity contribution in [3.8, 4) is 0 Å². The number of carbonyl (C=O) groups is 1. The van der Waals surface area contributed by atoms with Crippen LogP contribution in [0.25, 0.3) is 0 Å². The zero-order valence-corrected chi connectivity index (χ0v) is 15.7. The quantitative estimate of drug-likeness (QED) is 0.198. The number of hydrogen-bond donors (Lipinski definition) is 1. The molecule has 0 aliphatic rings. The highest BCUT2D eigenvalue weighted by atomic mass is 19.2. The van der Waals surface area contributed by atoms with E-state index in [-0.39, 0.29) is 30.2 Å². The van der Waals surface area contributed by atoms with Crippen molar-refractivity contribution in [3.63, 3.8) is 0 Å². The van der Waals surface area contributed by atoms with Gasteiger partial charge < -0.3 is 5.32 Å². The van der Waals surface area contributed by atoms with E-state index in [9.17, 15) is 36.9 Å². The molecule has 0 atom stereocenters. The Kier molecular flexibility index (Phi) is 5.99. The number of rotatable bonds is 7. The molecule has 0 saturated carbocycles. The smallest absolute Gasteiger partial charge is 0.309 e. The molecular weight excluding hydrogens is 431 g/mol. The largest absolute Gasteiger partial charge is 0.309 e. The number of hydrogen-bond acceptors (Lipinski definition) is 5.